The van der Waals surface area contributed by atoms with Gasteiger partial charge in [-0.1, -0.05) is 0 Å². The molecule has 0 amide bonds. The average molecular weight is 193 g/mol. The number of hydrogen-bond acceptors (Lipinski definition) is 1. The van der Waals surface area contributed by atoms with Crippen LogP contribution in [0.4, 0.5) is 4.39 Å². The van der Waals surface area contributed by atoms with Crippen molar-refractivity contribution in [3.63, 3.8) is 0 Å². The highest BCUT2D eigenvalue weighted by Crippen LogP contribution is 2.20. The van der Waals surface area contributed by atoms with Crippen LogP contribution in [0.3, 0.4) is 0 Å². The van der Waals surface area contributed by atoms with Gasteiger partial charge in [0.05, 0.1) is 12.1 Å². The van der Waals surface area contributed by atoms with E-state index in [-0.39, 0.29) is 5.82 Å². The van der Waals surface area contributed by atoms with Crippen LogP contribution >= 0.6 is 0 Å². The molecule has 0 radical (unpaired) electrons. The summed E-state index contributed by atoms with van der Waals surface area (Å²) >= 11 is 0. The Labute approximate surface area is 81.9 Å². The van der Waals surface area contributed by atoms with Gasteiger partial charge >= 0.3 is 0 Å². The molecule has 74 valence electrons. The lowest BCUT2D eigenvalue weighted by molar-refractivity contribution is 0.179. The summed E-state index contributed by atoms with van der Waals surface area (Å²) in [6.07, 6.45) is 0. The summed E-state index contributed by atoms with van der Waals surface area (Å²) < 4.78 is 20.0. The fourth-order valence-electron chi connectivity index (χ4n) is 1.65. The van der Waals surface area contributed by atoms with Gasteiger partial charge in [-0.05, 0) is 24.3 Å². The third kappa shape index (κ3) is 1.40. The molecule has 0 bridgehead atoms. The highest BCUT2D eigenvalue weighted by atomic mass is 19.1. The summed E-state index contributed by atoms with van der Waals surface area (Å²) in [5.41, 5.74) is 1.95. The molecule has 2 rings (SSSR count). The molecule has 0 aliphatic rings. The number of nitrogens with zero attached hydrogens (tertiary/aromatic N) is 1. The van der Waals surface area contributed by atoms with Gasteiger partial charge in [-0.3, -0.25) is 0 Å². The van der Waals surface area contributed by atoms with Crippen LogP contribution in [0.25, 0.3) is 10.9 Å². The van der Waals surface area contributed by atoms with E-state index in [9.17, 15) is 4.39 Å². The summed E-state index contributed by atoms with van der Waals surface area (Å²) in [7, 11) is 3.56. The minimum Gasteiger partial charge on any atom is -0.378 e. The van der Waals surface area contributed by atoms with E-state index in [0.29, 0.717) is 6.61 Å². The Kier molecular flexibility index (Phi) is 2.25. The van der Waals surface area contributed by atoms with Crippen LogP contribution in [0.2, 0.25) is 0 Å². The van der Waals surface area contributed by atoms with Crippen molar-refractivity contribution < 1.29 is 9.13 Å². The predicted molar refractivity (Wildman–Crippen MR) is 53.6 cm³/mol. The lowest BCUT2D eigenvalue weighted by Gasteiger charge is -2.02. The smallest absolute Gasteiger partial charge is 0.125 e. The zero-order valence-corrected chi connectivity index (χ0v) is 8.25. The number of ether oxygens (including phenoxy) is 1. The summed E-state index contributed by atoms with van der Waals surface area (Å²) in [5, 5.41) is 1.04. The van der Waals surface area contributed by atoms with Crippen LogP contribution in [0.5, 0.6) is 0 Å². The lowest BCUT2D eigenvalue weighted by atomic mass is 10.2. The Hall–Kier alpha value is -1.35. The van der Waals surface area contributed by atoms with Gasteiger partial charge in [0.1, 0.15) is 5.82 Å². The molecule has 1 aromatic heterocycles. The van der Waals surface area contributed by atoms with E-state index in [1.807, 2.05) is 17.7 Å². The van der Waals surface area contributed by atoms with Gasteiger partial charge in [0.15, 0.2) is 0 Å². The summed E-state index contributed by atoms with van der Waals surface area (Å²) in [6.45, 7) is 0.548. The molecule has 14 heavy (non-hydrogen) atoms. The third-order valence-electron chi connectivity index (χ3n) is 2.40. The SMILES string of the molecule is COCc1cc2ccc(F)cc2n1C. The van der Waals surface area contributed by atoms with Crippen molar-refractivity contribution in [3.8, 4) is 0 Å². The molecule has 2 nitrogen and oxygen atoms in total. The standard InChI is InChI=1S/C11H12FNO/c1-13-10(7-14-2)5-8-3-4-9(12)6-11(8)13/h3-6H,7H2,1-2H3. The number of methoxy groups -OCH3 is 1. The molecule has 0 aliphatic heterocycles. The van der Waals surface area contributed by atoms with Crippen LogP contribution in [0.15, 0.2) is 24.3 Å². The Balaban J connectivity index is 2.62. The first kappa shape index (κ1) is 9.21. The Bertz CT molecular complexity index is 462. The van der Waals surface area contributed by atoms with E-state index in [2.05, 4.69) is 0 Å². The predicted octanol–water partition coefficient (Wildman–Crippen LogP) is 2.46. The van der Waals surface area contributed by atoms with Gasteiger partial charge < -0.3 is 9.30 Å². The molecule has 0 aliphatic carbocycles. The van der Waals surface area contributed by atoms with Gasteiger partial charge in [0.25, 0.3) is 0 Å². The van der Waals surface area contributed by atoms with Crippen molar-refractivity contribution in [2.75, 3.05) is 7.11 Å². The third-order valence-corrected chi connectivity index (χ3v) is 2.40. The zero-order chi connectivity index (χ0) is 10.1. The van der Waals surface area contributed by atoms with Crippen molar-refractivity contribution in [1.29, 1.82) is 0 Å². The van der Waals surface area contributed by atoms with Crippen LogP contribution in [0.1, 0.15) is 5.69 Å². The van der Waals surface area contributed by atoms with E-state index >= 15 is 0 Å². The molecule has 0 N–H and O–H groups in total. The van der Waals surface area contributed by atoms with Crippen molar-refractivity contribution in [2.24, 2.45) is 7.05 Å². The van der Waals surface area contributed by atoms with E-state index in [1.165, 1.54) is 12.1 Å². The van der Waals surface area contributed by atoms with E-state index in [4.69, 9.17) is 4.74 Å². The Morgan fingerprint density at radius 3 is 2.86 bits per heavy atom. The van der Waals surface area contributed by atoms with E-state index < -0.39 is 0 Å². The topological polar surface area (TPSA) is 14.2 Å². The maximum absolute atomic E-state index is 13.0. The second-order valence-electron chi connectivity index (χ2n) is 3.33. The van der Waals surface area contributed by atoms with Crippen LogP contribution in [-0.2, 0) is 18.4 Å². The largest absolute Gasteiger partial charge is 0.378 e. The highest BCUT2D eigenvalue weighted by Gasteiger charge is 2.05. The zero-order valence-electron chi connectivity index (χ0n) is 8.25. The lowest BCUT2D eigenvalue weighted by Crippen LogP contribution is -1.97. The molecule has 0 atom stereocenters. The molecule has 0 saturated carbocycles. The normalized spacial score (nSPS) is 11.1. The molecule has 2 aromatic rings. The number of halogens is 1. The van der Waals surface area contributed by atoms with Crippen LogP contribution < -0.4 is 0 Å². The van der Waals surface area contributed by atoms with Crippen molar-refractivity contribution >= 4 is 10.9 Å². The summed E-state index contributed by atoms with van der Waals surface area (Å²) in [6, 6.07) is 6.80. The molecule has 0 unspecified atom stereocenters. The minimum atomic E-state index is -0.206. The van der Waals surface area contributed by atoms with Gasteiger partial charge in [-0.25, -0.2) is 4.39 Å². The first-order valence-corrected chi connectivity index (χ1v) is 4.45. The summed E-state index contributed by atoms with van der Waals surface area (Å²) in [4.78, 5) is 0. The molecule has 3 heteroatoms. The quantitative estimate of drug-likeness (QED) is 0.714. The molecule has 0 spiro atoms. The molecule has 0 fully saturated rings. The number of hydrogen-bond donors (Lipinski definition) is 0. The van der Waals surface area contributed by atoms with Gasteiger partial charge in [-0.15, -0.1) is 0 Å². The van der Waals surface area contributed by atoms with E-state index in [1.54, 1.807) is 13.2 Å². The monoisotopic (exact) mass is 193 g/mol. The average Bonchev–Trinajstić information content (AvgIpc) is 2.46. The number of aryl methyl sites for hydroxylation is 1. The molecular weight excluding hydrogens is 181 g/mol. The van der Waals surface area contributed by atoms with E-state index in [0.717, 1.165) is 16.6 Å². The number of rotatable bonds is 2. The van der Waals surface area contributed by atoms with Crippen LogP contribution in [-0.4, -0.2) is 11.7 Å². The van der Waals surface area contributed by atoms with Gasteiger partial charge in [0, 0.05) is 25.2 Å². The molecule has 1 aromatic carbocycles. The second-order valence-corrected chi connectivity index (χ2v) is 3.33. The number of fused-ring (bicyclic) bond motifs is 1. The number of aromatic nitrogens is 1. The van der Waals surface area contributed by atoms with Crippen LogP contribution in [0, 0.1) is 5.82 Å². The minimum absolute atomic E-state index is 0.206. The maximum Gasteiger partial charge on any atom is 0.125 e. The number of benzene rings is 1. The summed E-state index contributed by atoms with van der Waals surface area (Å²) in [5.74, 6) is -0.206. The van der Waals surface area contributed by atoms with Crippen molar-refractivity contribution in [2.45, 2.75) is 6.61 Å². The maximum atomic E-state index is 13.0. The fourth-order valence-corrected chi connectivity index (χ4v) is 1.65. The highest BCUT2D eigenvalue weighted by molar-refractivity contribution is 5.81. The first-order valence-electron chi connectivity index (χ1n) is 4.45. The second kappa shape index (κ2) is 3.42. The Morgan fingerprint density at radius 1 is 1.36 bits per heavy atom. The molecular formula is C11H12FNO. The Morgan fingerprint density at radius 2 is 2.14 bits per heavy atom. The van der Waals surface area contributed by atoms with Gasteiger partial charge in [0.2, 0.25) is 0 Å². The fraction of sp³-hybridized carbons (Fsp3) is 0.273. The van der Waals surface area contributed by atoms with Crippen molar-refractivity contribution in [1.82, 2.24) is 4.57 Å². The molecule has 0 saturated heterocycles. The first-order chi connectivity index (χ1) is 6.72. The van der Waals surface area contributed by atoms with Crippen molar-refractivity contribution in [3.05, 3.63) is 35.8 Å². The molecule has 1 heterocycles. The van der Waals surface area contributed by atoms with Gasteiger partial charge in [-0.2, -0.15) is 0 Å².